The summed E-state index contributed by atoms with van der Waals surface area (Å²) in [5.41, 5.74) is 1.41. The number of hydrogen-bond acceptors (Lipinski definition) is 6. The molecule has 0 saturated heterocycles. The van der Waals surface area contributed by atoms with E-state index in [1.54, 1.807) is 0 Å². The second-order valence-electron chi connectivity index (χ2n) is 6.19. The number of para-hydroxylation sites is 1. The molecule has 0 saturated carbocycles. The highest BCUT2D eigenvalue weighted by atomic mass is 16.6. The number of carbonyl (C=O) groups is 3. The highest BCUT2D eigenvalue weighted by molar-refractivity contribution is 5.88. The van der Waals surface area contributed by atoms with Crippen molar-refractivity contribution in [2.45, 2.75) is 6.42 Å². The smallest absolute Gasteiger partial charge is 0.333 e. The Morgan fingerprint density at radius 2 is 1.53 bits per heavy atom. The molecule has 0 atom stereocenters. The SMILES string of the molecule is C=C(CC=CC(=O)O)C(=O)OC.C=CC(=O)OCCOc1ccccc1.C=Cc1ccccc1. The zero-order valence-corrected chi connectivity index (χ0v) is 19.2. The van der Waals surface area contributed by atoms with Crippen molar-refractivity contribution < 1.29 is 33.7 Å². The minimum Gasteiger partial charge on any atom is -0.490 e. The van der Waals surface area contributed by atoms with Crippen molar-refractivity contribution in [3.8, 4) is 5.75 Å². The molecule has 0 fully saturated rings. The van der Waals surface area contributed by atoms with Gasteiger partial charge in [-0.3, -0.25) is 0 Å². The van der Waals surface area contributed by atoms with Crippen LogP contribution in [0.25, 0.3) is 6.08 Å². The van der Waals surface area contributed by atoms with Gasteiger partial charge in [-0.15, -0.1) is 0 Å². The van der Waals surface area contributed by atoms with E-state index in [4.69, 9.17) is 14.6 Å². The summed E-state index contributed by atoms with van der Waals surface area (Å²) in [6.45, 7) is 10.9. The average molecular weight is 467 g/mol. The van der Waals surface area contributed by atoms with Crippen molar-refractivity contribution in [2.24, 2.45) is 0 Å². The van der Waals surface area contributed by atoms with Gasteiger partial charge in [0.2, 0.25) is 0 Å². The van der Waals surface area contributed by atoms with Crippen molar-refractivity contribution in [2.75, 3.05) is 20.3 Å². The predicted octanol–water partition coefficient (Wildman–Crippen LogP) is 4.87. The summed E-state index contributed by atoms with van der Waals surface area (Å²) in [6, 6.07) is 19.4. The van der Waals surface area contributed by atoms with Gasteiger partial charge in [0.15, 0.2) is 0 Å². The Kier molecular flexibility index (Phi) is 16.8. The molecular formula is C27H30O7. The lowest BCUT2D eigenvalue weighted by molar-refractivity contribution is -0.138. The highest BCUT2D eigenvalue weighted by Crippen LogP contribution is 2.07. The summed E-state index contributed by atoms with van der Waals surface area (Å²) in [4.78, 5) is 31.3. The third-order valence-electron chi connectivity index (χ3n) is 3.64. The molecule has 0 aromatic heterocycles. The highest BCUT2D eigenvalue weighted by Gasteiger charge is 2.03. The second kappa shape index (κ2) is 19.3. The van der Waals surface area contributed by atoms with Gasteiger partial charge in [-0.25, -0.2) is 14.4 Å². The lowest BCUT2D eigenvalue weighted by atomic mass is 10.2. The Labute approximate surface area is 200 Å². The molecule has 0 bridgehead atoms. The first-order valence-electron chi connectivity index (χ1n) is 10.1. The normalized spacial score (nSPS) is 9.21. The van der Waals surface area contributed by atoms with Crippen LogP contribution in [0.15, 0.2) is 104 Å². The van der Waals surface area contributed by atoms with E-state index in [-0.39, 0.29) is 18.6 Å². The molecular weight excluding hydrogens is 436 g/mol. The van der Waals surface area contributed by atoms with E-state index < -0.39 is 17.9 Å². The molecule has 2 aromatic carbocycles. The molecule has 0 heterocycles. The van der Waals surface area contributed by atoms with Gasteiger partial charge < -0.3 is 19.3 Å². The van der Waals surface area contributed by atoms with E-state index in [1.165, 1.54) is 18.7 Å². The third-order valence-corrected chi connectivity index (χ3v) is 3.64. The molecule has 2 rings (SSSR count). The van der Waals surface area contributed by atoms with E-state index in [1.807, 2.05) is 66.7 Å². The predicted molar refractivity (Wildman–Crippen MR) is 132 cm³/mol. The number of carbonyl (C=O) groups excluding carboxylic acids is 2. The van der Waals surface area contributed by atoms with Gasteiger partial charge >= 0.3 is 17.9 Å². The minimum atomic E-state index is -1.05. The minimum absolute atomic E-state index is 0.193. The van der Waals surface area contributed by atoms with Gasteiger partial charge in [-0.1, -0.05) is 80.4 Å². The van der Waals surface area contributed by atoms with Crippen molar-refractivity contribution >= 4 is 24.0 Å². The summed E-state index contributed by atoms with van der Waals surface area (Å²) in [6.07, 6.45) is 5.44. The Morgan fingerprint density at radius 3 is 2.00 bits per heavy atom. The number of carboxylic acids is 1. The molecule has 0 spiro atoms. The molecule has 0 aliphatic carbocycles. The fourth-order valence-electron chi connectivity index (χ4n) is 2.00. The zero-order chi connectivity index (χ0) is 25.6. The monoisotopic (exact) mass is 466 g/mol. The van der Waals surface area contributed by atoms with Crippen molar-refractivity contribution in [3.05, 3.63) is 110 Å². The van der Waals surface area contributed by atoms with Crippen molar-refractivity contribution in [1.29, 1.82) is 0 Å². The zero-order valence-electron chi connectivity index (χ0n) is 19.2. The van der Waals surface area contributed by atoms with Crippen LogP contribution in [0.4, 0.5) is 0 Å². The lowest BCUT2D eigenvalue weighted by Crippen LogP contribution is -2.09. The molecule has 34 heavy (non-hydrogen) atoms. The van der Waals surface area contributed by atoms with Gasteiger partial charge in [0.05, 0.1) is 7.11 Å². The summed E-state index contributed by atoms with van der Waals surface area (Å²) in [5.74, 6) is -1.23. The van der Waals surface area contributed by atoms with Crippen LogP contribution in [0.2, 0.25) is 0 Å². The maximum Gasteiger partial charge on any atom is 0.333 e. The van der Waals surface area contributed by atoms with Crippen molar-refractivity contribution in [3.63, 3.8) is 0 Å². The molecule has 1 N–H and O–H groups in total. The molecule has 0 aliphatic rings. The molecule has 2 aromatic rings. The number of aliphatic carboxylic acids is 1. The number of ether oxygens (including phenoxy) is 3. The number of methoxy groups -OCH3 is 1. The molecule has 7 heteroatoms. The van der Waals surface area contributed by atoms with Crippen LogP contribution < -0.4 is 4.74 Å². The third kappa shape index (κ3) is 16.3. The number of rotatable bonds is 10. The molecule has 180 valence electrons. The Bertz CT molecular complexity index is 932. The van der Waals surface area contributed by atoms with E-state index >= 15 is 0 Å². The molecule has 0 radical (unpaired) electrons. The van der Waals surface area contributed by atoms with Crippen molar-refractivity contribution in [1.82, 2.24) is 0 Å². The fraction of sp³-hybridized carbons (Fsp3) is 0.148. The lowest BCUT2D eigenvalue weighted by Gasteiger charge is -2.05. The number of carboxylic acid groups (broad SMARTS) is 1. The Morgan fingerprint density at radius 1 is 0.941 bits per heavy atom. The van der Waals surface area contributed by atoms with Gasteiger partial charge in [0, 0.05) is 17.7 Å². The standard InChI is InChI=1S/C11H12O3.C8H10O4.C8H8/c1-2-11(12)14-9-8-13-10-6-4-3-5-7-10;1-6(8(11)12-2)4-3-5-7(9)10;1-2-8-6-4-3-5-7-8/h2-7H,1,8-9H2;3,5H,1,4H2,2H3,(H,9,10);2-7H,1H2. The Hall–Kier alpha value is -4.39. The maximum atomic E-state index is 10.7. The van der Waals surface area contributed by atoms with Gasteiger partial charge in [-0.2, -0.15) is 0 Å². The number of esters is 2. The molecule has 0 aliphatic heterocycles. The van der Waals surface area contributed by atoms with E-state index in [0.29, 0.717) is 6.61 Å². The Balaban J connectivity index is 0.000000498. The average Bonchev–Trinajstić information content (AvgIpc) is 2.87. The van der Waals surface area contributed by atoms with Gasteiger partial charge in [0.25, 0.3) is 0 Å². The van der Waals surface area contributed by atoms with Gasteiger partial charge in [-0.05, 0) is 24.1 Å². The molecule has 0 unspecified atom stereocenters. The summed E-state index contributed by atoms with van der Waals surface area (Å²) in [5, 5.41) is 8.19. The molecule has 7 nitrogen and oxygen atoms in total. The van der Waals surface area contributed by atoms with Crippen LogP contribution in [0, 0.1) is 0 Å². The first-order valence-corrected chi connectivity index (χ1v) is 10.1. The quantitative estimate of drug-likeness (QED) is 0.303. The van der Waals surface area contributed by atoms with E-state index in [0.717, 1.165) is 17.9 Å². The van der Waals surface area contributed by atoms with Crippen LogP contribution in [-0.4, -0.2) is 43.3 Å². The largest absolute Gasteiger partial charge is 0.490 e. The molecule has 0 amide bonds. The van der Waals surface area contributed by atoms with Crippen LogP contribution >= 0.6 is 0 Å². The summed E-state index contributed by atoms with van der Waals surface area (Å²) in [7, 11) is 1.24. The van der Waals surface area contributed by atoms with Crippen LogP contribution in [-0.2, 0) is 23.9 Å². The first-order chi connectivity index (χ1) is 16.3. The van der Waals surface area contributed by atoms with E-state index in [2.05, 4.69) is 24.5 Å². The van der Waals surface area contributed by atoms with Crippen LogP contribution in [0.3, 0.4) is 0 Å². The van der Waals surface area contributed by atoms with Crippen LogP contribution in [0.1, 0.15) is 12.0 Å². The summed E-state index contributed by atoms with van der Waals surface area (Å²) < 4.78 is 14.4. The maximum absolute atomic E-state index is 10.7. The number of hydrogen-bond donors (Lipinski definition) is 1. The second-order valence-corrected chi connectivity index (χ2v) is 6.19. The van der Waals surface area contributed by atoms with Gasteiger partial charge in [0.1, 0.15) is 19.0 Å². The fourth-order valence-corrected chi connectivity index (χ4v) is 2.00. The number of benzene rings is 2. The summed E-state index contributed by atoms with van der Waals surface area (Å²) >= 11 is 0. The van der Waals surface area contributed by atoms with E-state index in [9.17, 15) is 14.4 Å². The topological polar surface area (TPSA) is 99.1 Å². The first kappa shape index (κ1) is 29.6. The van der Waals surface area contributed by atoms with Crippen LogP contribution in [0.5, 0.6) is 5.75 Å². The number of allylic oxidation sites excluding steroid dienone is 1.